The fourth-order valence-corrected chi connectivity index (χ4v) is 4.57. The lowest BCUT2D eigenvalue weighted by Crippen LogP contribution is -2.46. The minimum absolute atomic E-state index is 0. The van der Waals surface area contributed by atoms with E-state index in [1.165, 1.54) is 23.3 Å². The van der Waals surface area contributed by atoms with E-state index in [0.29, 0.717) is 5.92 Å². The van der Waals surface area contributed by atoms with E-state index in [0.717, 1.165) is 19.3 Å². The number of aliphatic hydroxyl groups excluding tert-OH is 1. The summed E-state index contributed by atoms with van der Waals surface area (Å²) in [5.74, 6) is -2.35. The van der Waals surface area contributed by atoms with Gasteiger partial charge in [-0.2, -0.15) is 4.39 Å². The number of halogens is 3. The molecule has 0 fully saturated rings. The molecule has 0 heterocycles. The van der Waals surface area contributed by atoms with E-state index in [-0.39, 0.29) is 61.9 Å². The molecule has 8 heteroatoms. The average Bonchev–Trinajstić information content (AvgIpc) is 3.19. The molecule has 2 aromatic carbocycles. The van der Waals surface area contributed by atoms with Crippen LogP contribution in [0.5, 0.6) is 5.75 Å². The number of carbonyl (C=O) groups excluding carboxylic acids is 1. The molecule has 1 unspecified atom stereocenters. The van der Waals surface area contributed by atoms with E-state index in [1.54, 1.807) is 6.92 Å². The number of rotatable bonds is 12. The topological polar surface area (TPSA) is 67.8 Å². The van der Waals surface area contributed by atoms with Crippen LogP contribution in [0.15, 0.2) is 36.4 Å². The van der Waals surface area contributed by atoms with Crippen molar-refractivity contribution in [3.8, 4) is 5.75 Å². The Balaban J connectivity index is 0.00000432. The Morgan fingerprint density at radius 1 is 1.14 bits per heavy atom. The minimum Gasteiger partial charge on any atom is -0.488 e. The maximum atomic E-state index is 14.4. The molecule has 0 amide bonds. The van der Waals surface area contributed by atoms with Crippen molar-refractivity contribution >= 4 is 18.4 Å². The summed E-state index contributed by atoms with van der Waals surface area (Å²) in [7, 11) is 0. The van der Waals surface area contributed by atoms with E-state index in [1.807, 2.05) is 0 Å². The van der Waals surface area contributed by atoms with Crippen LogP contribution in [-0.4, -0.2) is 42.5 Å². The highest BCUT2D eigenvalue weighted by atomic mass is 35.5. The van der Waals surface area contributed by atoms with Crippen LogP contribution in [0, 0.1) is 17.6 Å². The summed E-state index contributed by atoms with van der Waals surface area (Å²) in [6, 6.07) is 11.2. The van der Waals surface area contributed by atoms with Crippen molar-refractivity contribution in [2.24, 2.45) is 5.92 Å². The molecule has 1 atom stereocenters. The van der Waals surface area contributed by atoms with Gasteiger partial charge in [-0.3, -0.25) is 4.79 Å². The number of esters is 1. The van der Waals surface area contributed by atoms with Crippen LogP contribution in [0.4, 0.5) is 8.78 Å². The predicted molar refractivity (Wildman–Crippen MR) is 134 cm³/mol. The van der Waals surface area contributed by atoms with Crippen molar-refractivity contribution in [3.05, 3.63) is 64.7 Å². The van der Waals surface area contributed by atoms with E-state index in [9.17, 15) is 18.7 Å². The molecule has 2 N–H and O–H groups in total. The highest BCUT2D eigenvalue weighted by Gasteiger charge is 2.28. The molecule has 35 heavy (non-hydrogen) atoms. The second-order valence-electron chi connectivity index (χ2n) is 9.63. The molecule has 3 rings (SSSR count). The summed E-state index contributed by atoms with van der Waals surface area (Å²) in [6.45, 7) is 6.24. The Kier molecular flexibility index (Phi) is 10.9. The molecule has 0 radical (unpaired) electrons. The zero-order valence-corrected chi connectivity index (χ0v) is 21.4. The first-order valence-electron chi connectivity index (χ1n) is 11.9. The van der Waals surface area contributed by atoms with Gasteiger partial charge in [-0.25, -0.2) is 4.39 Å². The molecule has 0 bridgehead atoms. The Morgan fingerprint density at radius 3 is 2.43 bits per heavy atom. The first-order valence-corrected chi connectivity index (χ1v) is 11.9. The Labute approximate surface area is 212 Å². The van der Waals surface area contributed by atoms with Gasteiger partial charge in [-0.15, -0.1) is 12.4 Å². The van der Waals surface area contributed by atoms with E-state index < -0.39 is 23.7 Å². The molecule has 0 aliphatic heterocycles. The van der Waals surface area contributed by atoms with Gasteiger partial charge in [0, 0.05) is 18.5 Å². The van der Waals surface area contributed by atoms with Crippen molar-refractivity contribution in [2.75, 3.05) is 19.8 Å². The Morgan fingerprint density at radius 2 is 1.80 bits per heavy atom. The summed E-state index contributed by atoms with van der Waals surface area (Å²) < 4.78 is 38.9. The second-order valence-corrected chi connectivity index (χ2v) is 9.63. The number of nitrogens with one attached hydrogen (secondary N) is 1. The summed E-state index contributed by atoms with van der Waals surface area (Å²) in [4.78, 5) is 11.4. The third-order valence-electron chi connectivity index (χ3n) is 6.21. The lowest BCUT2D eigenvalue weighted by Gasteiger charge is -2.30. The summed E-state index contributed by atoms with van der Waals surface area (Å²) >= 11 is 0. The number of hydrogen-bond acceptors (Lipinski definition) is 5. The SMILES string of the molecule is CCOC(=O)CCc1ccc(OCC(O)CNC(C)(C)CC2Cc3ccccc3C2)c(F)c1F.Cl. The van der Waals surface area contributed by atoms with Crippen molar-refractivity contribution < 1.29 is 28.2 Å². The van der Waals surface area contributed by atoms with Crippen LogP contribution >= 0.6 is 12.4 Å². The van der Waals surface area contributed by atoms with Gasteiger partial charge in [0.2, 0.25) is 5.82 Å². The van der Waals surface area contributed by atoms with Crippen molar-refractivity contribution in [1.82, 2.24) is 5.32 Å². The average molecular weight is 512 g/mol. The first kappa shape index (κ1) is 29.0. The predicted octanol–water partition coefficient (Wildman–Crippen LogP) is 4.80. The summed E-state index contributed by atoms with van der Waals surface area (Å²) in [5, 5.41) is 13.7. The molecule has 1 aliphatic rings. The van der Waals surface area contributed by atoms with Crippen LogP contribution in [0.3, 0.4) is 0 Å². The Hall–Kier alpha value is -2.22. The summed E-state index contributed by atoms with van der Waals surface area (Å²) in [6.07, 6.45) is 2.21. The van der Waals surface area contributed by atoms with Gasteiger partial charge in [0.05, 0.1) is 6.61 Å². The van der Waals surface area contributed by atoms with Gasteiger partial charge in [0.1, 0.15) is 12.7 Å². The van der Waals surface area contributed by atoms with Gasteiger partial charge in [0.25, 0.3) is 0 Å². The zero-order chi connectivity index (χ0) is 24.7. The number of hydrogen-bond donors (Lipinski definition) is 2. The van der Waals surface area contributed by atoms with Gasteiger partial charge in [-0.05, 0) is 75.1 Å². The van der Waals surface area contributed by atoms with Gasteiger partial charge < -0.3 is 19.9 Å². The van der Waals surface area contributed by atoms with E-state index in [4.69, 9.17) is 9.47 Å². The fourth-order valence-electron chi connectivity index (χ4n) is 4.57. The molecule has 2 aromatic rings. The third kappa shape index (κ3) is 8.44. The normalized spacial score (nSPS) is 14.2. The maximum absolute atomic E-state index is 14.4. The monoisotopic (exact) mass is 511 g/mol. The maximum Gasteiger partial charge on any atom is 0.306 e. The van der Waals surface area contributed by atoms with Gasteiger partial charge in [-0.1, -0.05) is 30.3 Å². The number of benzene rings is 2. The van der Waals surface area contributed by atoms with E-state index >= 15 is 0 Å². The lowest BCUT2D eigenvalue weighted by atomic mass is 9.88. The van der Waals surface area contributed by atoms with Crippen LogP contribution in [0.2, 0.25) is 0 Å². The highest BCUT2D eigenvalue weighted by Crippen LogP contribution is 2.32. The van der Waals surface area contributed by atoms with Crippen molar-refractivity contribution in [2.45, 2.75) is 64.5 Å². The molecule has 0 spiro atoms. The number of β-amino-alcohol motifs (C(OH)–C–C–N with tert-alkyl or cyclic N) is 1. The number of aryl methyl sites for hydroxylation is 1. The van der Waals surface area contributed by atoms with Crippen LogP contribution in [-0.2, 0) is 28.8 Å². The zero-order valence-electron chi connectivity index (χ0n) is 20.6. The van der Waals surface area contributed by atoms with Gasteiger partial charge in [0.15, 0.2) is 11.6 Å². The molecule has 194 valence electrons. The second kappa shape index (κ2) is 13.2. The van der Waals surface area contributed by atoms with Crippen molar-refractivity contribution in [3.63, 3.8) is 0 Å². The molecule has 0 saturated heterocycles. The molecule has 5 nitrogen and oxygen atoms in total. The number of ether oxygens (including phenoxy) is 2. The minimum atomic E-state index is -1.12. The number of fused-ring (bicyclic) bond motifs is 1. The standard InChI is InChI=1S/C27H35F2NO4.ClH/c1-4-33-24(32)12-10-19-9-11-23(26(29)25(19)28)34-17-22(31)16-30-27(2,3)15-18-13-20-7-5-6-8-21(20)14-18;/h5-9,11,18,22,30-31H,4,10,12-17H2,1-3H3;1H. The van der Waals surface area contributed by atoms with Crippen LogP contribution in [0.1, 0.15) is 50.3 Å². The van der Waals surface area contributed by atoms with Crippen LogP contribution < -0.4 is 10.1 Å². The number of carbonyl (C=O) groups is 1. The molecule has 0 saturated carbocycles. The highest BCUT2D eigenvalue weighted by molar-refractivity contribution is 5.85. The quantitative estimate of drug-likeness (QED) is 0.401. The number of aliphatic hydroxyl groups is 1. The van der Waals surface area contributed by atoms with Crippen LogP contribution in [0.25, 0.3) is 0 Å². The molecular formula is C27H36ClF2NO4. The molecule has 1 aliphatic carbocycles. The lowest BCUT2D eigenvalue weighted by molar-refractivity contribution is -0.143. The third-order valence-corrected chi connectivity index (χ3v) is 6.21. The smallest absolute Gasteiger partial charge is 0.306 e. The Bertz CT molecular complexity index is 961. The first-order chi connectivity index (χ1) is 16.2. The molecule has 0 aromatic heterocycles. The van der Waals surface area contributed by atoms with Gasteiger partial charge >= 0.3 is 5.97 Å². The molecular weight excluding hydrogens is 476 g/mol. The fraction of sp³-hybridized carbons (Fsp3) is 0.519. The summed E-state index contributed by atoms with van der Waals surface area (Å²) in [5.41, 5.74) is 2.72. The van der Waals surface area contributed by atoms with Crippen molar-refractivity contribution in [1.29, 1.82) is 0 Å². The van der Waals surface area contributed by atoms with E-state index in [2.05, 4.69) is 43.4 Å². The largest absolute Gasteiger partial charge is 0.488 e.